The van der Waals surface area contributed by atoms with Gasteiger partial charge >= 0.3 is 5.69 Å². The number of anilines is 1. The van der Waals surface area contributed by atoms with Crippen LogP contribution >= 0.6 is 0 Å². The lowest BCUT2D eigenvalue weighted by Gasteiger charge is -2.31. The molecule has 0 saturated carbocycles. The first kappa shape index (κ1) is 20.5. The van der Waals surface area contributed by atoms with Crippen molar-refractivity contribution in [1.82, 2.24) is 18.7 Å². The van der Waals surface area contributed by atoms with Gasteiger partial charge in [0.25, 0.3) is 5.56 Å². The van der Waals surface area contributed by atoms with Crippen molar-refractivity contribution in [3.05, 3.63) is 44.5 Å². The van der Waals surface area contributed by atoms with Gasteiger partial charge in [0.05, 0.1) is 13.1 Å². The zero-order chi connectivity index (χ0) is 22.1. The van der Waals surface area contributed by atoms with Gasteiger partial charge in [-0.1, -0.05) is 5.92 Å². The van der Waals surface area contributed by atoms with E-state index in [9.17, 15) is 9.59 Å². The molecular formula is C21H23N7O3. The molecule has 2 N–H and O–H groups in total. The fourth-order valence-electron chi connectivity index (χ4n) is 3.92. The van der Waals surface area contributed by atoms with Crippen LogP contribution in [0.15, 0.2) is 26.1 Å². The van der Waals surface area contributed by atoms with Crippen LogP contribution in [0.2, 0.25) is 0 Å². The van der Waals surface area contributed by atoms with Crippen LogP contribution < -0.4 is 21.9 Å². The van der Waals surface area contributed by atoms with Gasteiger partial charge in [0.1, 0.15) is 11.8 Å². The second-order valence-electron chi connectivity index (χ2n) is 7.56. The van der Waals surface area contributed by atoms with Crippen molar-refractivity contribution in [2.24, 2.45) is 12.8 Å². The van der Waals surface area contributed by atoms with Crippen LogP contribution in [0.4, 0.5) is 5.95 Å². The first-order chi connectivity index (χ1) is 14.9. The van der Waals surface area contributed by atoms with Crippen molar-refractivity contribution < 1.29 is 4.42 Å². The van der Waals surface area contributed by atoms with Crippen LogP contribution in [0.3, 0.4) is 0 Å². The van der Waals surface area contributed by atoms with Crippen molar-refractivity contribution in [3.63, 3.8) is 0 Å². The fourth-order valence-corrected chi connectivity index (χ4v) is 3.92. The molecule has 0 spiro atoms. The second kappa shape index (κ2) is 8.17. The number of nitriles is 1. The summed E-state index contributed by atoms with van der Waals surface area (Å²) in [4.78, 5) is 33.1. The number of fused-ring (bicyclic) bond motifs is 1. The number of hydrogen-bond acceptors (Lipinski definition) is 7. The van der Waals surface area contributed by atoms with Gasteiger partial charge in [-0.05, 0) is 31.9 Å². The summed E-state index contributed by atoms with van der Waals surface area (Å²) in [6, 6.07) is 5.00. The lowest BCUT2D eigenvalue weighted by atomic mass is 10.1. The quantitative estimate of drug-likeness (QED) is 0.602. The highest BCUT2D eigenvalue weighted by atomic mass is 16.3. The van der Waals surface area contributed by atoms with Gasteiger partial charge in [0.2, 0.25) is 11.7 Å². The van der Waals surface area contributed by atoms with Crippen LogP contribution in [-0.4, -0.2) is 37.8 Å². The molecule has 0 radical (unpaired) electrons. The van der Waals surface area contributed by atoms with E-state index in [1.54, 1.807) is 24.6 Å². The number of furan rings is 1. The third-order valence-corrected chi connectivity index (χ3v) is 5.45. The summed E-state index contributed by atoms with van der Waals surface area (Å²) in [5.41, 5.74) is 5.76. The average Bonchev–Trinajstić information content (AvgIpc) is 3.38. The topological polar surface area (TPSA) is 128 Å². The lowest BCUT2D eigenvalue weighted by molar-refractivity contribution is 0.471. The maximum absolute atomic E-state index is 13.4. The van der Waals surface area contributed by atoms with Gasteiger partial charge in [0, 0.05) is 26.2 Å². The Hall–Kier alpha value is -3.76. The highest BCUT2D eigenvalue weighted by Gasteiger charge is 2.26. The first-order valence-electron chi connectivity index (χ1n) is 10.0. The molecular weight excluding hydrogens is 398 g/mol. The Morgan fingerprint density at radius 2 is 2.13 bits per heavy atom. The van der Waals surface area contributed by atoms with Gasteiger partial charge in [-0.3, -0.25) is 18.5 Å². The molecule has 1 saturated heterocycles. The number of rotatable bonds is 4. The van der Waals surface area contributed by atoms with E-state index in [0.29, 0.717) is 29.4 Å². The van der Waals surface area contributed by atoms with Crippen molar-refractivity contribution in [1.29, 1.82) is 5.26 Å². The standard InChI is InChI=1S/C21H23N7O3/c1-3-4-10-27-17-18(24-20(27)26-9-5-6-14(23)12-26)25(2)21(30)28(19(17)29)13-16-8-7-15(11-22)31-16/h7-8,14H,5-6,9-10,12-13,23H2,1-2H3/t14-/m1/s1. The molecule has 0 bridgehead atoms. The average molecular weight is 421 g/mol. The number of imidazole rings is 1. The summed E-state index contributed by atoms with van der Waals surface area (Å²) in [7, 11) is 1.58. The number of aryl methyl sites for hydroxylation is 1. The molecule has 4 rings (SSSR count). The Morgan fingerprint density at radius 3 is 2.81 bits per heavy atom. The van der Waals surface area contributed by atoms with Crippen molar-refractivity contribution in [2.75, 3.05) is 18.0 Å². The molecule has 10 nitrogen and oxygen atoms in total. The lowest BCUT2D eigenvalue weighted by Crippen LogP contribution is -2.44. The predicted octanol–water partition coefficient (Wildman–Crippen LogP) is 0.360. The molecule has 0 unspecified atom stereocenters. The monoisotopic (exact) mass is 421 g/mol. The highest BCUT2D eigenvalue weighted by Crippen LogP contribution is 2.23. The van der Waals surface area contributed by atoms with E-state index in [2.05, 4.69) is 16.8 Å². The van der Waals surface area contributed by atoms with E-state index >= 15 is 0 Å². The van der Waals surface area contributed by atoms with Crippen LogP contribution in [-0.2, 0) is 20.1 Å². The molecule has 0 aliphatic carbocycles. The van der Waals surface area contributed by atoms with Gasteiger partial charge in [-0.25, -0.2) is 4.79 Å². The summed E-state index contributed by atoms with van der Waals surface area (Å²) in [5.74, 6) is 6.90. The zero-order valence-corrected chi connectivity index (χ0v) is 17.5. The molecule has 10 heteroatoms. The molecule has 160 valence electrons. The largest absolute Gasteiger partial charge is 0.449 e. The fraction of sp³-hybridized carbons (Fsp3) is 0.429. The second-order valence-corrected chi connectivity index (χ2v) is 7.56. The van der Waals surface area contributed by atoms with Gasteiger partial charge in [-0.2, -0.15) is 10.2 Å². The van der Waals surface area contributed by atoms with Crippen molar-refractivity contribution in [3.8, 4) is 17.9 Å². The minimum Gasteiger partial charge on any atom is -0.449 e. The number of hydrogen-bond donors (Lipinski definition) is 1. The molecule has 0 amide bonds. The van der Waals surface area contributed by atoms with E-state index in [1.807, 2.05) is 11.0 Å². The van der Waals surface area contributed by atoms with Gasteiger partial charge in [0.15, 0.2) is 11.2 Å². The van der Waals surface area contributed by atoms with Crippen molar-refractivity contribution >= 4 is 17.1 Å². The van der Waals surface area contributed by atoms with E-state index in [4.69, 9.17) is 15.4 Å². The Labute approximate surface area is 178 Å². The normalized spacial score (nSPS) is 16.2. The van der Waals surface area contributed by atoms with Crippen molar-refractivity contribution in [2.45, 2.75) is 38.9 Å². The van der Waals surface area contributed by atoms with Gasteiger partial charge in [-0.15, -0.1) is 5.92 Å². The molecule has 1 aliphatic rings. The van der Waals surface area contributed by atoms with Crippen LogP contribution in [0, 0.1) is 23.2 Å². The first-order valence-corrected chi connectivity index (χ1v) is 10.0. The smallest absolute Gasteiger partial charge is 0.332 e. The Balaban J connectivity index is 1.91. The molecule has 1 atom stereocenters. The Morgan fingerprint density at radius 1 is 1.32 bits per heavy atom. The predicted molar refractivity (Wildman–Crippen MR) is 115 cm³/mol. The van der Waals surface area contributed by atoms with E-state index < -0.39 is 11.2 Å². The summed E-state index contributed by atoms with van der Waals surface area (Å²) in [6.07, 6.45) is 1.86. The maximum Gasteiger partial charge on any atom is 0.332 e. The third kappa shape index (κ3) is 3.62. The summed E-state index contributed by atoms with van der Waals surface area (Å²) in [5, 5.41) is 8.96. The molecule has 1 aliphatic heterocycles. The van der Waals surface area contributed by atoms with Crippen LogP contribution in [0.5, 0.6) is 0 Å². The Bertz CT molecular complexity index is 1360. The van der Waals surface area contributed by atoms with E-state index in [-0.39, 0.29) is 24.9 Å². The number of aromatic nitrogens is 4. The van der Waals surface area contributed by atoms with E-state index in [1.165, 1.54) is 10.6 Å². The highest BCUT2D eigenvalue weighted by molar-refractivity contribution is 5.75. The number of piperidine rings is 1. The number of nitrogens with two attached hydrogens (primary N) is 1. The molecule has 31 heavy (non-hydrogen) atoms. The van der Waals surface area contributed by atoms with Gasteiger partial charge < -0.3 is 15.1 Å². The van der Waals surface area contributed by atoms with Crippen LogP contribution in [0.25, 0.3) is 11.2 Å². The summed E-state index contributed by atoms with van der Waals surface area (Å²) < 4.78 is 9.57. The summed E-state index contributed by atoms with van der Waals surface area (Å²) in [6.45, 7) is 3.29. The zero-order valence-electron chi connectivity index (χ0n) is 17.5. The maximum atomic E-state index is 13.4. The number of nitrogens with zero attached hydrogens (tertiary/aromatic N) is 6. The third-order valence-electron chi connectivity index (χ3n) is 5.45. The SMILES string of the molecule is CC#CCn1c(N2CCC[C@@H](N)C2)nc2c1c(=O)n(Cc1ccc(C#N)o1)c(=O)n2C. The molecule has 3 aromatic rings. The summed E-state index contributed by atoms with van der Waals surface area (Å²) >= 11 is 0. The van der Waals surface area contributed by atoms with Crippen LogP contribution in [0.1, 0.15) is 31.3 Å². The minimum atomic E-state index is -0.513. The molecule has 4 heterocycles. The Kier molecular flexibility index (Phi) is 5.40. The molecule has 1 fully saturated rings. The van der Waals surface area contributed by atoms with E-state index in [0.717, 1.165) is 24.0 Å². The molecule has 3 aromatic heterocycles. The molecule has 0 aromatic carbocycles. The minimum absolute atomic E-state index is 0.0213.